The molecular formula is C11H9N4. The van der Waals surface area contributed by atoms with Crippen LogP contribution in [0.25, 0.3) is 11.0 Å². The van der Waals surface area contributed by atoms with Crippen molar-refractivity contribution in [1.82, 2.24) is 15.0 Å². The second-order valence-corrected chi connectivity index (χ2v) is 3.40. The smallest absolute Gasteiger partial charge is 0.161 e. The minimum absolute atomic E-state index is 0.814. The molecule has 1 aromatic carbocycles. The van der Waals surface area contributed by atoms with Gasteiger partial charge in [-0.05, 0) is 18.2 Å². The fourth-order valence-electron chi connectivity index (χ4n) is 1.73. The summed E-state index contributed by atoms with van der Waals surface area (Å²) in [4.78, 5) is 4.52. The third kappa shape index (κ3) is 1.15. The van der Waals surface area contributed by atoms with Crippen LogP contribution in [-0.2, 0) is 7.05 Å². The average molecular weight is 197 g/mol. The Morgan fingerprint density at radius 3 is 2.80 bits per heavy atom. The fourth-order valence-corrected chi connectivity index (χ4v) is 1.73. The summed E-state index contributed by atoms with van der Waals surface area (Å²) in [5.74, 6) is 0.855. The minimum Gasteiger partial charge on any atom is -0.326 e. The summed E-state index contributed by atoms with van der Waals surface area (Å²) in [6.45, 7) is 0. The molecule has 1 aliphatic heterocycles. The van der Waals surface area contributed by atoms with Crippen molar-refractivity contribution >= 4 is 16.7 Å². The van der Waals surface area contributed by atoms with E-state index in [4.69, 9.17) is 0 Å². The Kier molecular flexibility index (Phi) is 1.62. The maximum Gasteiger partial charge on any atom is 0.161 e. The normalized spacial score (nSPS) is 14.3. The summed E-state index contributed by atoms with van der Waals surface area (Å²) in [6.07, 6.45) is 3.54. The highest BCUT2D eigenvalue weighted by Gasteiger charge is 2.13. The van der Waals surface area contributed by atoms with Crippen LogP contribution in [0.15, 0.2) is 41.6 Å². The van der Waals surface area contributed by atoms with Gasteiger partial charge in [0, 0.05) is 7.05 Å². The molecule has 73 valence electrons. The molecule has 0 aliphatic carbocycles. The van der Waals surface area contributed by atoms with E-state index in [-0.39, 0.29) is 0 Å². The number of hydrogen-bond acceptors (Lipinski definition) is 2. The van der Waals surface area contributed by atoms with Gasteiger partial charge in [-0.2, -0.15) is 5.43 Å². The van der Waals surface area contributed by atoms with Gasteiger partial charge < -0.3 is 4.57 Å². The highest BCUT2D eigenvalue weighted by Crippen LogP contribution is 2.15. The molecule has 15 heavy (non-hydrogen) atoms. The Morgan fingerprint density at radius 1 is 1.20 bits per heavy atom. The number of imidazole rings is 1. The molecule has 0 saturated carbocycles. The second kappa shape index (κ2) is 2.95. The number of aromatic nitrogens is 2. The first-order valence-corrected chi connectivity index (χ1v) is 4.72. The lowest BCUT2D eigenvalue weighted by atomic mass is 10.3. The largest absolute Gasteiger partial charge is 0.326 e. The van der Waals surface area contributed by atoms with Crippen LogP contribution in [0.4, 0.5) is 0 Å². The van der Waals surface area contributed by atoms with Crippen molar-refractivity contribution in [1.29, 1.82) is 0 Å². The molecule has 0 saturated heterocycles. The third-order valence-electron chi connectivity index (χ3n) is 2.48. The summed E-state index contributed by atoms with van der Waals surface area (Å²) in [5, 5.41) is 4.01. The van der Waals surface area contributed by atoms with Gasteiger partial charge in [-0.1, -0.05) is 12.1 Å². The highest BCUT2D eigenvalue weighted by molar-refractivity contribution is 6.08. The van der Waals surface area contributed by atoms with E-state index in [0.717, 1.165) is 22.6 Å². The molecule has 0 spiro atoms. The lowest BCUT2D eigenvalue weighted by Gasteiger charge is -1.98. The van der Waals surface area contributed by atoms with Crippen LogP contribution in [0.5, 0.6) is 0 Å². The molecule has 0 amide bonds. The molecule has 1 aliphatic rings. The first-order chi connectivity index (χ1) is 7.36. The predicted molar refractivity (Wildman–Crippen MR) is 58.5 cm³/mol. The Morgan fingerprint density at radius 2 is 2.07 bits per heavy atom. The molecule has 3 rings (SSSR count). The van der Waals surface area contributed by atoms with E-state index in [2.05, 4.69) is 15.5 Å². The maximum absolute atomic E-state index is 4.52. The van der Waals surface area contributed by atoms with Gasteiger partial charge >= 0.3 is 0 Å². The topological polar surface area (TPSA) is 44.3 Å². The monoisotopic (exact) mass is 197 g/mol. The van der Waals surface area contributed by atoms with Gasteiger partial charge in [0.1, 0.15) is 5.71 Å². The molecule has 0 fully saturated rings. The van der Waals surface area contributed by atoms with Gasteiger partial charge in [0.15, 0.2) is 5.82 Å². The van der Waals surface area contributed by atoms with E-state index in [1.807, 2.05) is 42.0 Å². The summed E-state index contributed by atoms with van der Waals surface area (Å²) in [5.41, 5.74) is 6.71. The van der Waals surface area contributed by atoms with Gasteiger partial charge in [-0.3, -0.25) is 0 Å². The van der Waals surface area contributed by atoms with E-state index in [1.54, 1.807) is 6.20 Å². The minimum atomic E-state index is 0.814. The third-order valence-corrected chi connectivity index (χ3v) is 2.48. The van der Waals surface area contributed by atoms with Crippen molar-refractivity contribution in [2.24, 2.45) is 12.1 Å². The molecule has 2 aromatic rings. The van der Waals surface area contributed by atoms with E-state index >= 15 is 0 Å². The molecule has 4 nitrogen and oxygen atoms in total. The first kappa shape index (κ1) is 8.23. The number of allylic oxidation sites excluding steroid dienone is 1. The van der Waals surface area contributed by atoms with Gasteiger partial charge in [0.05, 0.1) is 17.2 Å². The van der Waals surface area contributed by atoms with Crippen molar-refractivity contribution < 1.29 is 0 Å². The Balaban J connectivity index is 2.28. The molecule has 0 atom stereocenters. The average Bonchev–Trinajstić information content (AvgIpc) is 2.87. The molecule has 0 bridgehead atoms. The molecule has 4 heteroatoms. The van der Waals surface area contributed by atoms with Crippen LogP contribution in [0.1, 0.15) is 5.82 Å². The predicted octanol–water partition coefficient (Wildman–Crippen LogP) is 1.41. The first-order valence-electron chi connectivity index (χ1n) is 4.72. The fraction of sp³-hybridized carbons (Fsp3) is 0.0909. The molecule has 1 aromatic heterocycles. The lowest BCUT2D eigenvalue weighted by Crippen LogP contribution is -2.04. The van der Waals surface area contributed by atoms with E-state index < -0.39 is 0 Å². The number of fused-ring (bicyclic) bond motifs is 1. The van der Waals surface area contributed by atoms with Crippen molar-refractivity contribution in [3.63, 3.8) is 0 Å². The summed E-state index contributed by atoms with van der Waals surface area (Å²) in [7, 11) is 1.99. The van der Waals surface area contributed by atoms with Gasteiger partial charge in [0.2, 0.25) is 0 Å². The molecule has 0 N–H and O–H groups in total. The summed E-state index contributed by atoms with van der Waals surface area (Å²) in [6, 6.07) is 8.03. The van der Waals surface area contributed by atoms with Crippen LogP contribution in [0.2, 0.25) is 0 Å². The zero-order valence-corrected chi connectivity index (χ0v) is 8.25. The van der Waals surface area contributed by atoms with Gasteiger partial charge in [-0.15, -0.1) is 5.10 Å². The second-order valence-electron chi connectivity index (χ2n) is 3.40. The molecule has 2 heterocycles. The van der Waals surface area contributed by atoms with Crippen LogP contribution >= 0.6 is 0 Å². The standard InChI is InChI=1S/C11H9N4/c1-15-10-5-3-2-4-8(10)13-11(15)9-6-7-12-14-9/h2-7H,1H3. The van der Waals surface area contributed by atoms with Gasteiger partial charge in [-0.25, -0.2) is 4.98 Å². The molecular weight excluding hydrogens is 188 g/mol. The quantitative estimate of drug-likeness (QED) is 0.681. The van der Waals surface area contributed by atoms with Crippen molar-refractivity contribution in [3.05, 3.63) is 42.4 Å². The van der Waals surface area contributed by atoms with Crippen molar-refractivity contribution in [3.8, 4) is 0 Å². The lowest BCUT2D eigenvalue weighted by molar-refractivity contribution is 0.918. The number of aryl methyl sites for hydroxylation is 1. The number of rotatable bonds is 1. The summed E-state index contributed by atoms with van der Waals surface area (Å²) >= 11 is 0. The number of nitrogens with zero attached hydrogens (tertiary/aromatic N) is 4. The number of hydrogen-bond donors (Lipinski definition) is 0. The van der Waals surface area contributed by atoms with E-state index in [9.17, 15) is 0 Å². The highest BCUT2D eigenvalue weighted by atomic mass is 15.3. The van der Waals surface area contributed by atoms with Gasteiger partial charge in [0.25, 0.3) is 0 Å². The van der Waals surface area contributed by atoms with Crippen LogP contribution < -0.4 is 5.43 Å². The summed E-state index contributed by atoms with van der Waals surface area (Å²) < 4.78 is 2.03. The zero-order chi connectivity index (χ0) is 10.3. The maximum atomic E-state index is 4.52. The number of para-hydroxylation sites is 2. The SMILES string of the molecule is Cn1c(C2=N[N]C=C2)nc2ccccc21. The van der Waals surface area contributed by atoms with Crippen molar-refractivity contribution in [2.75, 3.05) is 0 Å². The molecule has 0 unspecified atom stereocenters. The van der Waals surface area contributed by atoms with Crippen LogP contribution in [0, 0.1) is 0 Å². The number of benzene rings is 1. The van der Waals surface area contributed by atoms with Crippen LogP contribution in [0.3, 0.4) is 0 Å². The Labute approximate surface area is 86.9 Å². The van der Waals surface area contributed by atoms with Crippen molar-refractivity contribution in [2.45, 2.75) is 0 Å². The van der Waals surface area contributed by atoms with E-state index in [1.165, 1.54) is 0 Å². The molecule has 1 radical (unpaired) electrons. The zero-order valence-electron chi connectivity index (χ0n) is 8.25. The van der Waals surface area contributed by atoms with Crippen LogP contribution in [-0.4, -0.2) is 15.3 Å². The van der Waals surface area contributed by atoms with E-state index in [0.29, 0.717) is 0 Å². The Bertz CT molecular complexity index is 577. The Hall–Kier alpha value is -2.10.